The van der Waals surface area contributed by atoms with Crippen molar-refractivity contribution in [2.45, 2.75) is 78.9 Å². The minimum Gasteiger partial charge on any atom is -0.458 e. The van der Waals surface area contributed by atoms with Crippen LogP contribution in [-0.4, -0.2) is 71.2 Å². The topological polar surface area (TPSA) is 70.1 Å². The molecule has 3 rings (SSSR count). The van der Waals surface area contributed by atoms with Gasteiger partial charge in [0.05, 0.1) is 5.60 Å². The highest BCUT2D eigenvalue weighted by molar-refractivity contribution is 5.76. The minimum absolute atomic E-state index is 0.0435. The van der Waals surface area contributed by atoms with E-state index < -0.39 is 11.7 Å². The van der Waals surface area contributed by atoms with Crippen molar-refractivity contribution in [3.8, 4) is 0 Å². The van der Waals surface area contributed by atoms with E-state index in [1.807, 2.05) is 18.2 Å². The van der Waals surface area contributed by atoms with Crippen molar-refractivity contribution in [2.24, 2.45) is 29.6 Å². The van der Waals surface area contributed by atoms with E-state index >= 15 is 0 Å². The lowest BCUT2D eigenvalue weighted by molar-refractivity contribution is -0.148. The van der Waals surface area contributed by atoms with Crippen molar-refractivity contribution in [1.29, 1.82) is 0 Å². The van der Waals surface area contributed by atoms with Gasteiger partial charge in [-0.1, -0.05) is 33.8 Å². The summed E-state index contributed by atoms with van der Waals surface area (Å²) in [4.78, 5) is 28.5. The molecule has 2 fully saturated rings. The summed E-state index contributed by atoms with van der Waals surface area (Å²) in [7, 11) is 0. The Morgan fingerprint density at radius 2 is 1.85 bits per heavy atom. The average Bonchev–Trinajstić information content (AvgIpc) is 2.74. The summed E-state index contributed by atoms with van der Waals surface area (Å²) in [6, 6.07) is 0. The van der Waals surface area contributed by atoms with Gasteiger partial charge in [-0.05, 0) is 55.4 Å². The molecule has 6 heteroatoms. The third-order valence-electron chi connectivity index (χ3n) is 8.26. The standard InChI is InChI=1S/C27H45N2O4/c1-18(2)7-10-26(31)29-13-11-28(12-14-29)17-20(4)23-9-8-21(5)27(32)16-25(33-22(6)30)19(3)15-24(23)27/h15-16,18,20-21,23-25,32H,7-14,17H2,1-6H3/t20?,21-,23+,24-,25-,27-/m1/s1. The third-order valence-corrected chi connectivity index (χ3v) is 8.26. The van der Waals surface area contributed by atoms with Crippen LogP contribution in [0.25, 0.3) is 0 Å². The van der Waals surface area contributed by atoms with Crippen molar-refractivity contribution in [1.82, 2.24) is 9.80 Å². The molecular weight excluding hydrogens is 416 g/mol. The Morgan fingerprint density at radius 3 is 2.45 bits per heavy atom. The Bertz CT molecular complexity index is 728. The van der Waals surface area contributed by atoms with Crippen molar-refractivity contribution in [3.05, 3.63) is 18.1 Å². The van der Waals surface area contributed by atoms with Gasteiger partial charge in [0.2, 0.25) is 5.91 Å². The Labute approximate surface area is 200 Å². The van der Waals surface area contributed by atoms with Crippen LogP contribution in [0.3, 0.4) is 0 Å². The maximum absolute atomic E-state index is 12.5. The molecule has 1 unspecified atom stereocenters. The van der Waals surface area contributed by atoms with E-state index in [-0.39, 0.29) is 17.8 Å². The molecule has 1 radical (unpaired) electrons. The SMILES string of the molecule is CC(=O)O[C@@H]1[CH][C@@]2(O)[C@H](C)CC[C@@H](C(C)CN3CCN(C(=O)CCC(C)C)CC3)[C@H]2C=C1C. The lowest BCUT2D eigenvalue weighted by Gasteiger charge is -2.53. The van der Waals surface area contributed by atoms with Crippen LogP contribution in [0, 0.1) is 36.0 Å². The third kappa shape index (κ3) is 6.19. The largest absolute Gasteiger partial charge is 0.458 e. The second kappa shape index (κ2) is 10.9. The molecule has 187 valence electrons. The smallest absolute Gasteiger partial charge is 0.303 e. The first kappa shape index (κ1) is 26.2. The summed E-state index contributed by atoms with van der Waals surface area (Å²) in [5.41, 5.74) is 0.0675. The van der Waals surface area contributed by atoms with Gasteiger partial charge in [0, 0.05) is 58.4 Å². The fourth-order valence-corrected chi connectivity index (χ4v) is 6.05. The van der Waals surface area contributed by atoms with Crippen LogP contribution in [0.1, 0.15) is 67.2 Å². The maximum Gasteiger partial charge on any atom is 0.303 e. The zero-order valence-corrected chi connectivity index (χ0v) is 21.5. The molecule has 1 saturated heterocycles. The number of rotatable bonds is 7. The number of piperazine rings is 1. The number of amides is 1. The molecule has 0 bridgehead atoms. The molecule has 0 aromatic rings. The van der Waals surface area contributed by atoms with Crippen LogP contribution in [0.15, 0.2) is 11.6 Å². The first-order valence-electron chi connectivity index (χ1n) is 12.9. The van der Waals surface area contributed by atoms with Crippen molar-refractivity contribution in [3.63, 3.8) is 0 Å². The summed E-state index contributed by atoms with van der Waals surface area (Å²) in [5, 5.41) is 11.7. The highest BCUT2D eigenvalue weighted by atomic mass is 16.5. The summed E-state index contributed by atoms with van der Waals surface area (Å²) in [6.07, 6.45) is 7.31. The monoisotopic (exact) mass is 461 g/mol. The van der Waals surface area contributed by atoms with Gasteiger partial charge in [0.1, 0.15) is 6.10 Å². The number of hydrogen-bond donors (Lipinski definition) is 1. The molecule has 1 saturated carbocycles. The lowest BCUT2D eigenvalue weighted by atomic mass is 9.57. The fraction of sp³-hybridized carbons (Fsp3) is 0.815. The molecule has 1 amide bonds. The molecule has 1 N–H and O–H groups in total. The highest BCUT2D eigenvalue weighted by Crippen LogP contribution is 2.50. The fourth-order valence-electron chi connectivity index (χ4n) is 6.05. The molecule has 1 heterocycles. The van der Waals surface area contributed by atoms with E-state index in [1.54, 1.807) is 0 Å². The van der Waals surface area contributed by atoms with Crippen LogP contribution in [0.4, 0.5) is 0 Å². The van der Waals surface area contributed by atoms with E-state index in [9.17, 15) is 14.7 Å². The van der Waals surface area contributed by atoms with Crippen molar-refractivity contribution in [2.75, 3.05) is 32.7 Å². The molecule has 0 aromatic heterocycles. The van der Waals surface area contributed by atoms with E-state index in [4.69, 9.17) is 4.74 Å². The van der Waals surface area contributed by atoms with E-state index in [0.717, 1.165) is 57.6 Å². The van der Waals surface area contributed by atoms with Crippen LogP contribution in [0.2, 0.25) is 0 Å². The number of carbonyl (C=O) groups excluding carboxylic acids is 2. The zero-order chi connectivity index (χ0) is 24.3. The molecular formula is C27H45N2O4. The Morgan fingerprint density at radius 1 is 1.18 bits per heavy atom. The van der Waals surface area contributed by atoms with E-state index in [1.165, 1.54) is 6.92 Å². The molecule has 1 aliphatic heterocycles. The van der Waals surface area contributed by atoms with Gasteiger partial charge in [0.25, 0.3) is 0 Å². The number of carbonyl (C=O) groups is 2. The first-order valence-corrected chi connectivity index (χ1v) is 12.9. The Kier molecular flexibility index (Phi) is 8.66. The Hall–Kier alpha value is -1.40. The van der Waals surface area contributed by atoms with Crippen LogP contribution >= 0.6 is 0 Å². The normalized spacial score (nSPS) is 33.9. The van der Waals surface area contributed by atoms with Gasteiger partial charge in [-0.15, -0.1) is 0 Å². The van der Waals surface area contributed by atoms with Crippen molar-refractivity contribution >= 4 is 11.9 Å². The first-order chi connectivity index (χ1) is 15.5. The summed E-state index contributed by atoms with van der Waals surface area (Å²) in [6.45, 7) is 16.6. The number of fused-ring (bicyclic) bond motifs is 1. The molecule has 33 heavy (non-hydrogen) atoms. The zero-order valence-electron chi connectivity index (χ0n) is 21.5. The van der Waals surface area contributed by atoms with Gasteiger partial charge in [-0.2, -0.15) is 0 Å². The van der Waals surface area contributed by atoms with Gasteiger partial charge in [-0.3, -0.25) is 14.5 Å². The molecule has 3 aliphatic rings. The number of nitrogens with zero attached hydrogens (tertiary/aromatic N) is 2. The van der Waals surface area contributed by atoms with E-state index in [2.05, 4.69) is 38.7 Å². The van der Waals surface area contributed by atoms with Gasteiger partial charge in [0.15, 0.2) is 0 Å². The quantitative estimate of drug-likeness (QED) is 0.463. The average molecular weight is 462 g/mol. The number of hydrogen-bond acceptors (Lipinski definition) is 5. The predicted molar refractivity (Wildman–Crippen MR) is 130 cm³/mol. The van der Waals surface area contributed by atoms with E-state index in [0.29, 0.717) is 30.1 Å². The number of aliphatic hydroxyl groups is 1. The molecule has 0 spiro atoms. The summed E-state index contributed by atoms with van der Waals surface area (Å²) in [5.74, 6) is 1.52. The molecule has 0 aromatic carbocycles. The highest BCUT2D eigenvalue weighted by Gasteiger charge is 2.53. The lowest BCUT2D eigenvalue weighted by Crippen LogP contribution is -2.57. The molecule has 6 atom stereocenters. The molecule has 6 nitrogen and oxygen atoms in total. The number of ether oxygens (including phenoxy) is 1. The van der Waals surface area contributed by atoms with Crippen LogP contribution < -0.4 is 0 Å². The second-order valence-electron chi connectivity index (χ2n) is 11.3. The van der Waals surface area contributed by atoms with Gasteiger partial charge >= 0.3 is 5.97 Å². The van der Waals surface area contributed by atoms with Gasteiger partial charge < -0.3 is 14.7 Å². The maximum atomic E-state index is 12.5. The van der Waals surface area contributed by atoms with Crippen molar-refractivity contribution < 1.29 is 19.4 Å². The summed E-state index contributed by atoms with van der Waals surface area (Å²) < 4.78 is 5.48. The number of esters is 1. The van der Waals surface area contributed by atoms with Gasteiger partial charge in [-0.25, -0.2) is 0 Å². The molecule has 2 aliphatic carbocycles. The summed E-state index contributed by atoms with van der Waals surface area (Å²) >= 11 is 0. The minimum atomic E-state index is -0.946. The second-order valence-corrected chi connectivity index (χ2v) is 11.3. The Balaban J connectivity index is 1.60. The predicted octanol–water partition coefficient (Wildman–Crippen LogP) is 3.69. The van der Waals surface area contributed by atoms with Crippen LogP contribution in [0.5, 0.6) is 0 Å². The van der Waals surface area contributed by atoms with Crippen LogP contribution in [-0.2, 0) is 14.3 Å².